The van der Waals surface area contributed by atoms with Crippen molar-refractivity contribution in [2.75, 3.05) is 11.9 Å². The van der Waals surface area contributed by atoms with E-state index in [1.807, 2.05) is 49.4 Å². The Hall–Kier alpha value is -2.07. The zero-order valence-electron chi connectivity index (χ0n) is 20.1. The lowest BCUT2D eigenvalue weighted by Gasteiger charge is -2.37. The number of hydrogen-bond acceptors (Lipinski definition) is 4. The molecular weight excluding hydrogens is 531 g/mol. The van der Waals surface area contributed by atoms with Crippen molar-refractivity contribution in [3.63, 3.8) is 0 Å². The first-order chi connectivity index (χ1) is 16.6. The van der Waals surface area contributed by atoms with Gasteiger partial charge in [0, 0.05) is 33.7 Å². The van der Waals surface area contributed by atoms with Crippen molar-refractivity contribution in [2.24, 2.45) is 5.92 Å². The second kappa shape index (κ2) is 8.79. The molecule has 3 aliphatic heterocycles. The van der Waals surface area contributed by atoms with Gasteiger partial charge in [0.15, 0.2) is 5.60 Å². The van der Waals surface area contributed by atoms with Gasteiger partial charge in [0.25, 0.3) is 5.91 Å². The van der Waals surface area contributed by atoms with Crippen molar-refractivity contribution >= 4 is 41.8 Å². The van der Waals surface area contributed by atoms with Crippen molar-refractivity contribution in [3.05, 3.63) is 63.6 Å². The summed E-state index contributed by atoms with van der Waals surface area (Å²) in [5, 5.41) is 12.9. The topological polar surface area (TPSA) is 78.9 Å². The minimum absolute atomic E-state index is 0.0353. The maximum Gasteiger partial charge on any atom is 0.261 e. The van der Waals surface area contributed by atoms with E-state index in [0.29, 0.717) is 24.2 Å². The lowest BCUT2D eigenvalue weighted by Crippen LogP contribution is -2.48. The zero-order chi connectivity index (χ0) is 25.1. The average molecular weight is 562 g/mol. The normalized spacial score (nSPS) is 29.8. The van der Waals surface area contributed by atoms with Crippen molar-refractivity contribution in [3.8, 4) is 0 Å². The number of hydrogen-bond donors (Lipinski definition) is 2. The molecule has 0 unspecified atom stereocenters. The van der Waals surface area contributed by atoms with Gasteiger partial charge in [-0.15, -0.1) is 0 Å². The molecule has 1 saturated heterocycles. The molecule has 0 bridgehead atoms. The molecule has 0 aromatic heterocycles. The average Bonchev–Trinajstić information content (AvgIpc) is 3.26. The minimum atomic E-state index is -3.34. The van der Waals surface area contributed by atoms with Crippen LogP contribution in [0.25, 0.3) is 0 Å². The highest BCUT2D eigenvalue weighted by atomic mass is 79.9. The molecule has 3 aliphatic rings. The summed E-state index contributed by atoms with van der Waals surface area (Å²) in [4.78, 5) is 28.6. The molecule has 5 atom stereocenters. The number of nitrogens with one attached hydrogen (secondary N) is 1. The fourth-order valence-electron chi connectivity index (χ4n) is 6.37. The number of aliphatic hydroxyl groups is 1. The summed E-state index contributed by atoms with van der Waals surface area (Å²) in [5.74, 6) is -0.946. The quantitative estimate of drug-likeness (QED) is 0.426. The van der Waals surface area contributed by atoms with E-state index in [1.165, 1.54) is 0 Å². The van der Waals surface area contributed by atoms with Crippen LogP contribution in [0.1, 0.15) is 30.0 Å². The first-order valence-corrected chi connectivity index (χ1v) is 15.8. The van der Waals surface area contributed by atoms with Gasteiger partial charge >= 0.3 is 0 Å². The van der Waals surface area contributed by atoms with Crippen LogP contribution in [0, 0.1) is 5.92 Å². The van der Waals surface area contributed by atoms with E-state index in [1.54, 1.807) is 18.0 Å². The van der Waals surface area contributed by atoms with E-state index >= 15 is 4.11 Å². The van der Waals surface area contributed by atoms with Crippen LogP contribution in [0.15, 0.2) is 46.9 Å². The Labute approximate surface area is 214 Å². The van der Waals surface area contributed by atoms with E-state index < -0.39 is 31.6 Å². The second-order valence-electron chi connectivity index (χ2n) is 10.4. The SMILES string of the molecule is C[C@@H]1[C@@H]([Si](C)(C)F)[C@H](CC(=O)N2Cc3ccccc3C[C@H]2CO)O[C@@]12C(=O)Nc1ccc(Br)cc12. The molecule has 3 heterocycles. The molecule has 1 fully saturated rings. The molecule has 2 N–H and O–H groups in total. The largest absolute Gasteiger partial charge is 0.394 e. The number of halogens is 2. The van der Waals surface area contributed by atoms with Crippen molar-refractivity contribution in [1.29, 1.82) is 0 Å². The van der Waals surface area contributed by atoms with Gasteiger partial charge in [0.1, 0.15) is 0 Å². The van der Waals surface area contributed by atoms with Gasteiger partial charge in [-0.25, -0.2) is 0 Å². The first kappa shape index (κ1) is 24.6. The molecule has 1 spiro atoms. The number of ether oxygens (including phenoxy) is 1. The van der Waals surface area contributed by atoms with Crippen LogP contribution >= 0.6 is 15.9 Å². The van der Waals surface area contributed by atoms with E-state index in [-0.39, 0.29) is 30.9 Å². The smallest absolute Gasteiger partial charge is 0.261 e. The molecule has 0 radical (unpaired) electrons. The van der Waals surface area contributed by atoms with Gasteiger partial charge in [-0.1, -0.05) is 47.1 Å². The van der Waals surface area contributed by atoms with Gasteiger partial charge in [-0.3, -0.25) is 9.59 Å². The second-order valence-corrected chi connectivity index (χ2v) is 15.2. The third-order valence-electron chi connectivity index (χ3n) is 7.94. The number of carbonyl (C=O) groups is 2. The van der Waals surface area contributed by atoms with Gasteiger partial charge in [-0.2, -0.15) is 0 Å². The number of amides is 2. The highest BCUT2D eigenvalue weighted by Gasteiger charge is 2.65. The Morgan fingerprint density at radius 1 is 1.29 bits per heavy atom. The Bertz CT molecular complexity index is 1190. The molecule has 2 aromatic rings. The lowest BCUT2D eigenvalue weighted by molar-refractivity contribution is -0.149. The lowest BCUT2D eigenvalue weighted by atomic mass is 9.82. The zero-order valence-corrected chi connectivity index (χ0v) is 22.6. The van der Waals surface area contributed by atoms with Crippen LogP contribution in [0.5, 0.6) is 0 Å². The summed E-state index contributed by atoms with van der Waals surface area (Å²) in [7, 11) is -3.34. The molecule has 186 valence electrons. The predicted molar refractivity (Wildman–Crippen MR) is 137 cm³/mol. The number of benzene rings is 2. The molecule has 2 aromatic carbocycles. The van der Waals surface area contributed by atoms with Crippen molar-refractivity contribution in [1.82, 2.24) is 4.90 Å². The van der Waals surface area contributed by atoms with Gasteiger partial charge in [0.2, 0.25) is 14.3 Å². The van der Waals surface area contributed by atoms with Gasteiger partial charge < -0.3 is 24.2 Å². The summed E-state index contributed by atoms with van der Waals surface area (Å²) in [5.41, 5.74) is 1.63. The van der Waals surface area contributed by atoms with Crippen LogP contribution in [0.2, 0.25) is 18.6 Å². The molecule has 9 heteroatoms. The minimum Gasteiger partial charge on any atom is -0.394 e. The van der Waals surface area contributed by atoms with E-state index in [9.17, 15) is 14.7 Å². The summed E-state index contributed by atoms with van der Waals surface area (Å²) in [6, 6.07) is 13.1. The number of fused-ring (bicyclic) bond motifs is 3. The monoisotopic (exact) mass is 560 g/mol. The van der Waals surface area contributed by atoms with Crippen molar-refractivity contribution < 1.29 is 23.5 Å². The number of aliphatic hydroxyl groups excluding tert-OH is 1. The third kappa shape index (κ3) is 3.96. The van der Waals surface area contributed by atoms with E-state index in [2.05, 4.69) is 21.2 Å². The van der Waals surface area contributed by atoms with E-state index in [4.69, 9.17) is 4.74 Å². The molecule has 6 nitrogen and oxygen atoms in total. The summed E-state index contributed by atoms with van der Waals surface area (Å²) in [6.45, 7) is 5.35. The predicted octanol–water partition coefficient (Wildman–Crippen LogP) is 4.51. The first-order valence-electron chi connectivity index (χ1n) is 12.0. The van der Waals surface area contributed by atoms with Crippen LogP contribution < -0.4 is 5.32 Å². The Morgan fingerprint density at radius 2 is 2.00 bits per heavy atom. The number of rotatable bonds is 4. The fourth-order valence-corrected chi connectivity index (χ4v) is 9.23. The molecule has 0 saturated carbocycles. The molecule has 0 aliphatic carbocycles. The van der Waals surface area contributed by atoms with Crippen LogP contribution in [0.4, 0.5) is 9.80 Å². The third-order valence-corrected chi connectivity index (χ3v) is 10.9. The molecule has 2 amide bonds. The van der Waals surface area contributed by atoms with E-state index in [0.717, 1.165) is 15.6 Å². The number of nitrogens with zero attached hydrogens (tertiary/aromatic N) is 1. The molecular formula is C26H30BrFN2O4Si. The fraction of sp³-hybridized carbons (Fsp3) is 0.462. The Kier molecular flexibility index (Phi) is 6.18. The maximum absolute atomic E-state index is 15.8. The Balaban J connectivity index is 1.47. The standard InChI is InChI=1S/C26H30BrFN2O4Si/c1-15-24(35(2,3)28)22(34-26(15)20-11-18(27)8-9-21(20)29-25(26)33)12-23(32)30-13-17-7-5-4-6-16(17)10-19(30)14-31/h4-9,11,15,19,22,24,31H,10,12-14H2,1-3H3,(H,29,33)/t15-,19+,22+,24-,26+/m1/s1. The highest BCUT2D eigenvalue weighted by Crippen LogP contribution is 2.59. The molecule has 5 rings (SSSR count). The maximum atomic E-state index is 15.8. The summed E-state index contributed by atoms with van der Waals surface area (Å²) >= 11 is 3.48. The number of anilines is 1. The van der Waals surface area contributed by atoms with Crippen molar-refractivity contribution in [2.45, 2.75) is 62.7 Å². The summed E-state index contributed by atoms with van der Waals surface area (Å²) in [6.07, 6.45) is -0.205. The summed E-state index contributed by atoms with van der Waals surface area (Å²) < 4.78 is 23.1. The van der Waals surface area contributed by atoms with Crippen LogP contribution in [-0.2, 0) is 32.9 Å². The van der Waals surface area contributed by atoms with Crippen LogP contribution in [-0.4, -0.2) is 49.0 Å². The van der Waals surface area contributed by atoms with Gasteiger partial charge in [0.05, 0.1) is 25.2 Å². The molecule has 35 heavy (non-hydrogen) atoms. The Morgan fingerprint density at radius 3 is 2.69 bits per heavy atom. The number of carbonyl (C=O) groups excluding carboxylic acids is 2. The van der Waals surface area contributed by atoms with Crippen LogP contribution in [0.3, 0.4) is 0 Å². The highest BCUT2D eigenvalue weighted by molar-refractivity contribution is 9.10. The van der Waals surface area contributed by atoms with Gasteiger partial charge in [-0.05, 0) is 48.8 Å².